The van der Waals surface area contributed by atoms with Gasteiger partial charge in [-0.2, -0.15) is 18.4 Å². The molecule has 15 heavy (non-hydrogen) atoms. The number of pyridine rings is 1. The van der Waals surface area contributed by atoms with Crippen LogP contribution in [0.3, 0.4) is 0 Å². The molecular weight excluding hydrogens is 207 g/mol. The van der Waals surface area contributed by atoms with E-state index in [9.17, 15) is 13.2 Å². The Balaban J connectivity index is 3.44. The van der Waals surface area contributed by atoms with Crippen molar-refractivity contribution < 1.29 is 13.2 Å². The summed E-state index contributed by atoms with van der Waals surface area (Å²) in [6, 6.07) is 2.72. The molecule has 0 N–H and O–H groups in total. The van der Waals surface area contributed by atoms with Gasteiger partial charge in [0.05, 0.1) is 18.1 Å². The monoisotopic (exact) mass is 211 g/mol. The molecule has 0 aliphatic rings. The van der Waals surface area contributed by atoms with Gasteiger partial charge in [-0.25, -0.2) is 0 Å². The maximum absolute atomic E-state index is 12.5. The Morgan fingerprint density at radius 1 is 1.53 bits per heavy atom. The fourth-order valence-electron chi connectivity index (χ4n) is 1.12. The minimum Gasteiger partial charge on any atom is -0.360 e. The number of hydrogen-bond donors (Lipinski definition) is 0. The zero-order valence-electron chi connectivity index (χ0n) is 7.34. The van der Waals surface area contributed by atoms with Crippen LogP contribution in [-0.2, 0) is 12.6 Å². The molecule has 76 valence electrons. The predicted octanol–water partition coefficient (Wildman–Crippen LogP) is 2.72. The van der Waals surface area contributed by atoms with Crippen LogP contribution >= 0.6 is 0 Å². The molecule has 0 fully saturated rings. The van der Waals surface area contributed by atoms with Crippen LogP contribution in [0.5, 0.6) is 0 Å². The second-order valence-corrected chi connectivity index (χ2v) is 2.61. The highest BCUT2D eigenvalue weighted by molar-refractivity contribution is 5.51. The topological polar surface area (TPSA) is 41.0 Å². The number of halogens is 3. The molecule has 0 aliphatic heterocycles. The van der Waals surface area contributed by atoms with Gasteiger partial charge in [0.1, 0.15) is 6.20 Å². The maximum atomic E-state index is 12.5. The molecular formula is C9H4F3N3. The SMILES string of the molecule is [C-]#[N+]c1nccc(CC#N)c1C(F)(F)F. The Morgan fingerprint density at radius 3 is 2.67 bits per heavy atom. The van der Waals surface area contributed by atoms with Crippen LogP contribution in [0.25, 0.3) is 4.85 Å². The normalized spacial score (nSPS) is 10.5. The van der Waals surface area contributed by atoms with E-state index >= 15 is 0 Å². The van der Waals surface area contributed by atoms with Crippen LogP contribution in [0.1, 0.15) is 11.1 Å². The fraction of sp³-hybridized carbons (Fsp3) is 0.222. The molecule has 0 saturated carbocycles. The van der Waals surface area contributed by atoms with Crippen LogP contribution in [0, 0.1) is 17.9 Å². The molecule has 1 heterocycles. The van der Waals surface area contributed by atoms with Gasteiger partial charge in [0.2, 0.25) is 0 Å². The average molecular weight is 211 g/mol. The van der Waals surface area contributed by atoms with E-state index in [0.29, 0.717) is 0 Å². The molecule has 1 rings (SSSR count). The fourth-order valence-corrected chi connectivity index (χ4v) is 1.12. The lowest BCUT2D eigenvalue weighted by Crippen LogP contribution is -2.10. The highest BCUT2D eigenvalue weighted by Crippen LogP contribution is 2.37. The van der Waals surface area contributed by atoms with Gasteiger partial charge in [0.15, 0.2) is 0 Å². The molecule has 0 amide bonds. The number of nitriles is 1. The van der Waals surface area contributed by atoms with Crippen molar-refractivity contribution in [2.45, 2.75) is 12.6 Å². The van der Waals surface area contributed by atoms with Crippen molar-refractivity contribution in [1.29, 1.82) is 5.26 Å². The van der Waals surface area contributed by atoms with E-state index in [2.05, 4.69) is 9.83 Å². The van der Waals surface area contributed by atoms with Gasteiger partial charge in [0.25, 0.3) is 5.82 Å². The zero-order valence-corrected chi connectivity index (χ0v) is 7.34. The number of alkyl halides is 3. The lowest BCUT2D eigenvalue weighted by atomic mass is 10.1. The van der Waals surface area contributed by atoms with Gasteiger partial charge in [-0.05, 0) is 11.6 Å². The van der Waals surface area contributed by atoms with Crippen LogP contribution in [0.15, 0.2) is 12.3 Å². The minimum absolute atomic E-state index is 0.217. The van der Waals surface area contributed by atoms with E-state index in [0.717, 1.165) is 12.3 Å². The Bertz CT molecular complexity index is 451. The number of aromatic nitrogens is 1. The van der Waals surface area contributed by atoms with Gasteiger partial charge < -0.3 is 4.85 Å². The molecule has 0 radical (unpaired) electrons. The number of hydrogen-bond acceptors (Lipinski definition) is 2. The maximum Gasteiger partial charge on any atom is 0.409 e. The summed E-state index contributed by atoms with van der Waals surface area (Å²) in [6.45, 7) is 6.57. The van der Waals surface area contributed by atoms with E-state index in [1.807, 2.05) is 0 Å². The third-order valence-electron chi connectivity index (χ3n) is 1.68. The minimum atomic E-state index is -4.65. The Morgan fingerprint density at radius 2 is 2.20 bits per heavy atom. The predicted molar refractivity (Wildman–Crippen MR) is 44.8 cm³/mol. The second kappa shape index (κ2) is 3.97. The highest BCUT2D eigenvalue weighted by Gasteiger charge is 2.36. The van der Waals surface area contributed by atoms with Gasteiger partial charge >= 0.3 is 6.18 Å². The molecule has 0 aliphatic carbocycles. The summed E-state index contributed by atoms with van der Waals surface area (Å²) >= 11 is 0. The van der Waals surface area contributed by atoms with Gasteiger partial charge in [0, 0.05) is 0 Å². The first-order valence-electron chi connectivity index (χ1n) is 3.80. The van der Waals surface area contributed by atoms with Gasteiger partial charge in [-0.1, -0.05) is 6.57 Å². The van der Waals surface area contributed by atoms with Crippen LogP contribution in [0.4, 0.5) is 19.0 Å². The molecule has 0 saturated heterocycles. The van der Waals surface area contributed by atoms with Crippen molar-refractivity contribution in [3.8, 4) is 6.07 Å². The van der Waals surface area contributed by atoms with E-state index in [1.165, 1.54) is 0 Å². The summed E-state index contributed by atoms with van der Waals surface area (Å²) in [4.78, 5) is 6.01. The Kier molecular flexibility index (Phi) is 2.91. The van der Waals surface area contributed by atoms with E-state index in [1.54, 1.807) is 6.07 Å². The van der Waals surface area contributed by atoms with E-state index < -0.39 is 17.6 Å². The van der Waals surface area contributed by atoms with E-state index in [4.69, 9.17) is 11.8 Å². The summed E-state index contributed by atoms with van der Waals surface area (Å²) in [6.07, 6.45) is -3.95. The Hall–Kier alpha value is -2.08. The van der Waals surface area contributed by atoms with Gasteiger partial charge in [-0.3, -0.25) is 0 Å². The molecule has 0 aromatic carbocycles. The largest absolute Gasteiger partial charge is 0.409 e. The van der Waals surface area contributed by atoms with Crippen LogP contribution in [-0.4, -0.2) is 4.98 Å². The lowest BCUT2D eigenvalue weighted by Gasteiger charge is -2.11. The lowest BCUT2D eigenvalue weighted by molar-refractivity contribution is -0.137. The molecule has 1 aromatic rings. The quantitative estimate of drug-likeness (QED) is 0.670. The zero-order chi connectivity index (χ0) is 11.5. The number of nitrogens with zero attached hydrogens (tertiary/aromatic N) is 3. The van der Waals surface area contributed by atoms with Crippen molar-refractivity contribution in [1.82, 2.24) is 4.98 Å². The van der Waals surface area contributed by atoms with Crippen molar-refractivity contribution >= 4 is 5.82 Å². The van der Waals surface area contributed by atoms with Crippen LogP contribution in [0.2, 0.25) is 0 Å². The molecule has 6 heteroatoms. The summed E-state index contributed by atoms with van der Waals surface area (Å²) in [7, 11) is 0. The standard InChI is InChI=1S/C9H4F3N3/c1-14-8-7(9(10,11)12)6(2-4-13)3-5-15-8/h3,5H,2H2. The molecule has 1 aromatic heterocycles. The summed E-state index contributed by atoms with van der Waals surface area (Å²) in [5, 5.41) is 8.36. The molecule has 0 bridgehead atoms. The molecule has 0 unspecified atom stereocenters. The first-order valence-corrected chi connectivity index (χ1v) is 3.80. The van der Waals surface area contributed by atoms with Crippen molar-refractivity contribution in [3.05, 3.63) is 34.8 Å². The first kappa shape index (κ1) is 11.0. The Labute approximate surface area is 83.6 Å². The van der Waals surface area contributed by atoms with Gasteiger partial charge in [-0.15, -0.1) is 4.98 Å². The molecule has 0 atom stereocenters. The number of rotatable bonds is 1. The van der Waals surface area contributed by atoms with Crippen LogP contribution < -0.4 is 0 Å². The second-order valence-electron chi connectivity index (χ2n) is 2.61. The molecule has 3 nitrogen and oxygen atoms in total. The summed E-state index contributed by atoms with van der Waals surface area (Å²) in [5.41, 5.74) is -1.33. The van der Waals surface area contributed by atoms with Crippen molar-refractivity contribution in [2.75, 3.05) is 0 Å². The smallest absolute Gasteiger partial charge is 0.360 e. The summed E-state index contributed by atoms with van der Waals surface area (Å²) in [5.74, 6) is -0.713. The summed E-state index contributed by atoms with van der Waals surface area (Å²) < 4.78 is 37.6. The molecule has 0 spiro atoms. The average Bonchev–Trinajstić information content (AvgIpc) is 2.16. The van der Waals surface area contributed by atoms with E-state index in [-0.39, 0.29) is 12.0 Å². The highest BCUT2D eigenvalue weighted by atomic mass is 19.4. The first-order chi connectivity index (χ1) is 7.00. The van der Waals surface area contributed by atoms with Crippen molar-refractivity contribution in [3.63, 3.8) is 0 Å². The third kappa shape index (κ3) is 2.23. The third-order valence-corrected chi connectivity index (χ3v) is 1.68. The van der Waals surface area contributed by atoms with Crippen molar-refractivity contribution in [2.24, 2.45) is 0 Å².